The normalized spacial score (nSPS) is 13.8. The van der Waals surface area contributed by atoms with Gasteiger partial charge in [-0.25, -0.2) is 13.8 Å². The number of aliphatic hydroxyl groups excluding tert-OH is 1. The van der Waals surface area contributed by atoms with Crippen LogP contribution in [0.4, 0.5) is 4.39 Å². The molecule has 0 aliphatic carbocycles. The summed E-state index contributed by atoms with van der Waals surface area (Å²) in [4.78, 5) is 11.4. The summed E-state index contributed by atoms with van der Waals surface area (Å²) in [6.45, 7) is 2.94. The van der Waals surface area contributed by atoms with Gasteiger partial charge in [-0.05, 0) is 49.8 Å². The van der Waals surface area contributed by atoms with E-state index in [0.717, 1.165) is 25.2 Å². The van der Waals surface area contributed by atoms with E-state index in [9.17, 15) is 14.3 Å². The maximum Gasteiger partial charge on any atom is 0.330 e. The zero-order chi connectivity index (χ0) is 22.5. The third kappa shape index (κ3) is 4.55. The Balaban J connectivity index is 1.63. The van der Waals surface area contributed by atoms with E-state index in [1.165, 1.54) is 18.2 Å². The number of hydrogen-bond donors (Lipinski definition) is 1. The Kier molecular flexibility index (Phi) is 6.61. The van der Waals surface area contributed by atoms with Gasteiger partial charge in [-0.1, -0.05) is 22.9 Å². The van der Waals surface area contributed by atoms with Crippen molar-refractivity contribution in [1.82, 2.24) is 9.78 Å². The van der Waals surface area contributed by atoms with Crippen LogP contribution in [0.1, 0.15) is 36.7 Å². The monoisotopic (exact) mass is 438 g/mol. The number of halogens is 1. The molecule has 1 atom stereocenters. The lowest BCUT2D eigenvalue weighted by Crippen LogP contribution is -2.38. The average Bonchev–Trinajstić information content (AvgIpc) is 3.39. The van der Waals surface area contributed by atoms with Crippen molar-refractivity contribution < 1.29 is 28.3 Å². The lowest BCUT2D eigenvalue weighted by molar-refractivity contribution is -0.701. The minimum absolute atomic E-state index is 0.144. The van der Waals surface area contributed by atoms with Crippen LogP contribution < -0.4 is 9.30 Å². The Morgan fingerprint density at radius 3 is 2.84 bits per heavy atom. The Morgan fingerprint density at radius 1 is 1.28 bits per heavy atom. The summed E-state index contributed by atoms with van der Waals surface area (Å²) in [6.07, 6.45) is 3.61. The highest BCUT2D eigenvalue weighted by Gasteiger charge is 2.36. The third-order valence-corrected chi connectivity index (χ3v) is 5.21. The largest absolute Gasteiger partial charge is 0.489 e. The molecule has 32 heavy (non-hydrogen) atoms. The summed E-state index contributed by atoms with van der Waals surface area (Å²) in [5.41, 5.74) is 1.24. The Morgan fingerprint density at radius 2 is 2.06 bits per heavy atom. The molecule has 1 aliphatic heterocycles. The molecule has 2 heterocycles. The van der Waals surface area contributed by atoms with Crippen molar-refractivity contribution in [2.24, 2.45) is 0 Å². The first-order valence-electron chi connectivity index (χ1n) is 10.6. The number of nitrogens with zero attached hydrogens (tertiary/aromatic N) is 3. The van der Waals surface area contributed by atoms with Crippen molar-refractivity contribution in [2.45, 2.75) is 32.4 Å². The smallest absolute Gasteiger partial charge is 0.330 e. The van der Waals surface area contributed by atoms with Gasteiger partial charge in [0, 0.05) is 23.2 Å². The van der Waals surface area contributed by atoms with Gasteiger partial charge in [0.25, 0.3) is 11.6 Å². The molecule has 0 saturated heterocycles. The van der Waals surface area contributed by atoms with Crippen LogP contribution in [0.25, 0.3) is 5.69 Å². The van der Waals surface area contributed by atoms with Crippen LogP contribution >= 0.6 is 0 Å². The van der Waals surface area contributed by atoms with Crippen LogP contribution in [-0.4, -0.2) is 34.1 Å². The van der Waals surface area contributed by atoms with E-state index in [4.69, 9.17) is 9.47 Å². The van der Waals surface area contributed by atoms with Crippen LogP contribution in [0, 0.1) is 5.82 Å². The highest BCUT2D eigenvalue weighted by atomic mass is 19.1. The fraction of sp³-hybridized carbons (Fsp3) is 0.292. The van der Waals surface area contributed by atoms with Gasteiger partial charge in [0.15, 0.2) is 6.10 Å². The number of aromatic nitrogens is 3. The van der Waals surface area contributed by atoms with Gasteiger partial charge in [0.05, 0.1) is 13.2 Å². The molecule has 2 aromatic carbocycles. The number of hydrogen-bond acceptors (Lipinski definition) is 5. The first kappa shape index (κ1) is 21.7. The first-order valence-corrected chi connectivity index (χ1v) is 10.6. The predicted octanol–water partition coefficient (Wildman–Crippen LogP) is 2.82. The van der Waals surface area contributed by atoms with Gasteiger partial charge in [-0.3, -0.25) is 0 Å². The summed E-state index contributed by atoms with van der Waals surface area (Å²) in [5, 5.41) is 16.1. The molecule has 1 N–H and O–H groups in total. The highest BCUT2D eigenvalue weighted by molar-refractivity contribution is 5.81. The van der Waals surface area contributed by atoms with E-state index in [1.54, 1.807) is 41.9 Å². The number of aliphatic hydroxyl groups is 1. The molecule has 0 radical (unpaired) electrons. The van der Waals surface area contributed by atoms with Crippen LogP contribution in [0.5, 0.6) is 5.75 Å². The predicted molar refractivity (Wildman–Crippen MR) is 114 cm³/mol. The van der Waals surface area contributed by atoms with E-state index in [2.05, 4.69) is 5.10 Å². The number of benzene rings is 2. The lowest BCUT2D eigenvalue weighted by Gasteiger charge is -2.15. The zero-order valence-electron chi connectivity index (χ0n) is 17.8. The maximum atomic E-state index is 13.4. The molecule has 0 bridgehead atoms. The first-order chi connectivity index (χ1) is 15.6. The molecule has 1 unspecified atom stereocenters. The van der Waals surface area contributed by atoms with Crippen molar-refractivity contribution >= 4 is 5.97 Å². The number of esters is 1. The molecule has 8 heteroatoms. The van der Waals surface area contributed by atoms with Gasteiger partial charge in [-0.15, -0.1) is 0 Å². The number of para-hydroxylation sites is 1. The fourth-order valence-corrected chi connectivity index (χ4v) is 3.78. The standard InChI is InChI=1S/C24H25FN3O4/c1-2-31-22(29)10-6-16-32-20-8-4-3-7-19(20)23(30)24-27-15-5-9-21(27)26-28(24)18-13-11-17(25)12-14-18/h3-4,6-8,10-14,23,30H,2,5,9,15-16H2,1H3/q+1/b10-6+. The molecule has 0 amide bonds. The second kappa shape index (κ2) is 9.74. The van der Waals surface area contributed by atoms with Crippen molar-refractivity contribution in [3.8, 4) is 11.4 Å². The minimum Gasteiger partial charge on any atom is -0.489 e. The van der Waals surface area contributed by atoms with Gasteiger partial charge >= 0.3 is 5.97 Å². The Labute approximate surface area is 185 Å². The molecular weight excluding hydrogens is 413 g/mol. The topological polar surface area (TPSA) is 77.5 Å². The number of ether oxygens (including phenoxy) is 2. The van der Waals surface area contributed by atoms with Crippen LogP contribution in [-0.2, 0) is 22.5 Å². The van der Waals surface area contributed by atoms with E-state index in [0.29, 0.717) is 29.4 Å². The van der Waals surface area contributed by atoms with Gasteiger partial charge in [0.2, 0.25) is 0 Å². The van der Waals surface area contributed by atoms with Gasteiger partial charge in [0.1, 0.15) is 23.9 Å². The third-order valence-electron chi connectivity index (χ3n) is 5.21. The zero-order valence-corrected chi connectivity index (χ0v) is 17.8. The van der Waals surface area contributed by atoms with E-state index in [-0.39, 0.29) is 12.4 Å². The molecule has 4 rings (SSSR count). The number of fused-ring (bicyclic) bond motifs is 1. The Bertz CT molecular complexity index is 1120. The molecule has 0 fully saturated rings. The van der Waals surface area contributed by atoms with Crippen LogP contribution in [0.15, 0.2) is 60.7 Å². The average molecular weight is 438 g/mol. The van der Waals surface area contributed by atoms with Crippen molar-refractivity contribution in [3.63, 3.8) is 0 Å². The molecule has 1 aliphatic rings. The van der Waals surface area contributed by atoms with Gasteiger partial charge < -0.3 is 14.6 Å². The molecule has 3 aromatic rings. The SMILES string of the molecule is CCOC(=O)/C=C/COc1ccccc1C(O)c1n(-c2ccc(F)cc2)nc2[n+]1CCC2. The van der Waals surface area contributed by atoms with Crippen molar-refractivity contribution in [3.05, 3.63) is 83.7 Å². The summed E-state index contributed by atoms with van der Waals surface area (Å²) in [7, 11) is 0. The van der Waals surface area contributed by atoms with Crippen molar-refractivity contribution in [2.75, 3.05) is 13.2 Å². The second-order valence-electron chi connectivity index (χ2n) is 7.32. The molecule has 0 spiro atoms. The van der Waals surface area contributed by atoms with Crippen LogP contribution in [0.3, 0.4) is 0 Å². The summed E-state index contributed by atoms with van der Waals surface area (Å²) in [5.74, 6) is 1.19. The molecule has 1 aromatic heterocycles. The van der Waals surface area contributed by atoms with E-state index >= 15 is 0 Å². The van der Waals surface area contributed by atoms with E-state index in [1.807, 2.05) is 16.7 Å². The summed E-state index contributed by atoms with van der Waals surface area (Å²) < 4.78 is 27.8. The maximum absolute atomic E-state index is 13.4. The molecule has 7 nitrogen and oxygen atoms in total. The second-order valence-corrected chi connectivity index (χ2v) is 7.32. The number of aryl methyl sites for hydroxylation is 1. The minimum atomic E-state index is -1.02. The molecular formula is C24H25FN3O4+. The van der Waals surface area contributed by atoms with Gasteiger partial charge in [-0.2, -0.15) is 0 Å². The lowest BCUT2D eigenvalue weighted by atomic mass is 10.1. The van der Waals surface area contributed by atoms with E-state index < -0.39 is 12.1 Å². The summed E-state index contributed by atoms with van der Waals surface area (Å²) in [6, 6.07) is 13.2. The van der Waals surface area contributed by atoms with Crippen LogP contribution in [0.2, 0.25) is 0 Å². The number of carbonyl (C=O) groups is 1. The molecule has 166 valence electrons. The Hall–Kier alpha value is -3.52. The quantitative estimate of drug-likeness (QED) is 0.333. The van der Waals surface area contributed by atoms with Crippen molar-refractivity contribution in [1.29, 1.82) is 0 Å². The fourth-order valence-electron chi connectivity index (χ4n) is 3.78. The molecule has 0 saturated carbocycles. The number of rotatable bonds is 8. The number of carbonyl (C=O) groups excluding carboxylic acids is 1. The highest BCUT2D eigenvalue weighted by Crippen LogP contribution is 2.30. The summed E-state index contributed by atoms with van der Waals surface area (Å²) >= 11 is 0.